The first-order chi connectivity index (χ1) is 21.2. The smallest absolute Gasteiger partial charge is 0.493 e. The number of rotatable bonds is 12. The fourth-order valence-corrected chi connectivity index (χ4v) is 4.44. The van der Waals surface area contributed by atoms with E-state index in [9.17, 15) is 24.6 Å². The van der Waals surface area contributed by atoms with E-state index in [2.05, 4.69) is 0 Å². The molecule has 2 atom stereocenters. The van der Waals surface area contributed by atoms with Crippen molar-refractivity contribution >= 4 is 17.7 Å². The standard InChI is InChI=1S/C33H30O11/c1-39-23-17-15-21(27(36)25(34)19-11-7-5-8-12-19)29(31(23)41-3)43-33(38)44-30-22(16-18-24(40-2)32(30)42-4)28(37)26(35)20-13-9-6-10-14-20/h5-18,25-26,34-35H,1-4H3. The maximum Gasteiger partial charge on any atom is 0.519 e. The number of carbonyl (C=O) groups excluding carboxylic acids is 3. The Morgan fingerprint density at radius 2 is 0.864 bits per heavy atom. The zero-order chi connectivity index (χ0) is 31.8. The Bertz CT molecular complexity index is 1510. The van der Waals surface area contributed by atoms with Gasteiger partial charge in [0.05, 0.1) is 39.6 Å². The zero-order valence-electron chi connectivity index (χ0n) is 24.3. The first kappa shape index (κ1) is 31.5. The van der Waals surface area contributed by atoms with Crippen molar-refractivity contribution in [3.05, 3.63) is 107 Å². The van der Waals surface area contributed by atoms with E-state index >= 15 is 0 Å². The molecule has 0 aromatic heterocycles. The van der Waals surface area contributed by atoms with Crippen LogP contribution in [0.25, 0.3) is 0 Å². The molecule has 4 rings (SSSR count). The first-order valence-electron chi connectivity index (χ1n) is 13.2. The Morgan fingerprint density at radius 1 is 0.500 bits per heavy atom. The molecule has 0 bridgehead atoms. The Balaban J connectivity index is 1.75. The molecule has 0 saturated heterocycles. The van der Waals surface area contributed by atoms with Crippen molar-refractivity contribution in [2.75, 3.05) is 28.4 Å². The Hall–Kier alpha value is -5.39. The number of ether oxygens (including phenoxy) is 6. The van der Waals surface area contributed by atoms with Crippen LogP contribution in [0.3, 0.4) is 0 Å². The van der Waals surface area contributed by atoms with Crippen molar-refractivity contribution in [2.24, 2.45) is 0 Å². The lowest BCUT2D eigenvalue weighted by Crippen LogP contribution is -2.21. The lowest BCUT2D eigenvalue weighted by Gasteiger charge is -2.19. The van der Waals surface area contributed by atoms with Gasteiger partial charge in [-0.2, -0.15) is 0 Å². The van der Waals surface area contributed by atoms with E-state index in [0.717, 1.165) is 0 Å². The molecular formula is C33H30O11. The highest BCUT2D eigenvalue weighted by Gasteiger charge is 2.32. The third-order valence-corrected chi connectivity index (χ3v) is 6.63. The number of hydrogen-bond donors (Lipinski definition) is 2. The molecule has 0 aliphatic rings. The van der Waals surface area contributed by atoms with Gasteiger partial charge in [-0.1, -0.05) is 60.7 Å². The molecule has 2 N–H and O–H groups in total. The van der Waals surface area contributed by atoms with Crippen molar-refractivity contribution in [1.82, 2.24) is 0 Å². The first-order valence-corrected chi connectivity index (χ1v) is 13.2. The molecule has 0 aliphatic heterocycles. The highest BCUT2D eigenvalue weighted by atomic mass is 16.7. The lowest BCUT2D eigenvalue weighted by molar-refractivity contribution is 0.0741. The molecule has 44 heavy (non-hydrogen) atoms. The number of benzene rings is 4. The highest BCUT2D eigenvalue weighted by molar-refractivity contribution is 6.05. The van der Waals surface area contributed by atoms with Crippen LogP contribution in [0.2, 0.25) is 0 Å². The second kappa shape index (κ2) is 14.2. The number of ketones is 2. The minimum absolute atomic E-state index is 0.113. The van der Waals surface area contributed by atoms with Crippen molar-refractivity contribution in [3.63, 3.8) is 0 Å². The van der Waals surface area contributed by atoms with Gasteiger partial charge in [0, 0.05) is 0 Å². The predicted molar refractivity (Wildman–Crippen MR) is 157 cm³/mol. The molecule has 0 saturated carbocycles. The monoisotopic (exact) mass is 602 g/mol. The summed E-state index contributed by atoms with van der Waals surface area (Å²) in [6, 6.07) is 21.8. The largest absolute Gasteiger partial charge is 0.519 e. The number of aliphatic hydroxyl groups is 2. The van der Waals surface area contributed by atoms with E-state index in [4.69, 9.17) is 28.4 Å². The van der Waals surface area contributed by atoms with Crippen molar-refractivity contribution in [1.29, 1.82) is 0 Å². The summed E-state index contributed by atoms with van der Waals surface area (Å²) in [6.45, 7) is 0. The summed E-state index contributed by atoms with van der Waals surface area (Å²) < 4.78 is 32.4. The average molecular weight is 603 g/mol. The summed E-state index contributed by atoms with van der Waals surface area (Å²) in [7, 11) is 5.23. The molecular weight excluding hydrogens is 572 g/mol. The van der Waals surface area contributed by atoms with Crippen molar-refractivity contribution in [2.45, 2.75) is 12.2 Å². The normalized spacial score (nSPS) is 12.0. The van der Waals surface area contributed by atoms with Crippen LogP contribution in [0.15, 0.2) is 84.9 Å². The molecule has 2 unspecified atom stereocenters. The topological polar surface area (TPSA) is 147 Å². The van der Waals surface area contributed by atoms with Gasteiger partial charge in [-0.3, -0.25) is 9.59 Å². The summed E-state index contributed by atoms with van der Waals surface area (Å²) in [5, 5.41) is 21.6. The van der Waals surface area contributed by atoms with E-state index in [1.807, 2.05) is 0 Å². The van der Waals surface area contributed by atoms with Crippen molar-refractivity contribution in [3.8, 4) is 34.5 Å². The predicted octanol–water partition coefficient (Wildman–Crippen LogP) is 5.13. The number of methoxy groups -OCH3 is 4. The van der Waals surface area contributed by atoms with Crippen LogP contribution in [0.4, 0.5) is 4.79 Å². The fraction of sp³-hybridized carbons (Fsp3) is 0.182. The molecule has 4 aromatic rings. The van der Waals surface area contributed by atoms with E-state index < -0.39 is 41.4 Å². The lowest BCUT2D eigenvalue weighted by atomic mass is 9.98. The minimum atomic E-state index is -1.60. The third kappa shape index (κ3) is 6.48. The molecule has 0 aliphatic carbocycles. The minimum Gasteiger partial charge on any atom is -0.493 e. The van der Waals surface area contributed by atoms with Crippen LogP contribution in [-0.2, 0) is 0 Å². The number of aliphatic hydroxyl groups excluding tert-OH is 2. The fourth-order valence-electron chi connectivity index (χ4n) is 4.44. The van der Waals surface area contributed by atoms with Crippen LogP contribution in [-0.4, -0.2) is 56.4 Å². The molecule has 228 valence electrons. The maximum absolute atomic E-state index is 13.4. The number of carbonyl (C=O) groups is 3. The van der Waals surface area contributed by atoms with Gasteiger partial charge in [0.25, 0.3) is 0 Å². The maximum atomic E-state index is 13.4. The summed E-state index contributed by atoms with van der Waals surface area (Å²) in [6.07, 6.45) is -4.61. The van der Waals surface area contributed by atoms with Gasteiger partial charge in [-0.15, -0.1) is 0 Å². The second-order valence-corrected chi connectivity index (χ2v) is 9.16. The van der Waals surface area contributed by atoms with E-state index in [1.165, 1.54) is 52.7 Å². The SMILES string of the molecule is COc1ccc(C(=O)C(O)c2ccccc2)c(OC(=O)Oc2c(C(=O)C(O)c3ccccc3)ccc(OC)c2OC)c1OC. The van der Waals surface area contributed by atoms with Crippen LogP contribution in [0.5, 0.6) is 34.5 Å². The second-order valence-electron chi connectivity index (χ2n) is 9.16. The van der Waals surface area contributed by atoms with Gasteiger partial charge in [0.15, 0.2) is 34.6 Å². The van der Waals surface area contributed by atoms with Gasteiger partial charge in [0.2, 0.25) is 11.5 Å². The number of hydrogen-bond acceptors (Lipinski definition) is 11. The summed E-state index contributed by atoms with van der Waals surface area (Å²) in [5.41, 5.74) is 0.179. The van der Waals surface area contributed by atoms with Gasteiger partial charge in [-0.05, 0) is 35.4 Å². The quantitative estimate of drug-likeness (QED) is 0.126. The molecule has 11 heteroatoms. The highest BCUT2D eigenvalue weighted by Crippen LogP contribution is 2.44. The van der Waals surface area contributed by atoms with Gasteiger partial charge in [-0.25, -0.2) is 4.79 Å². The van der Waals surface area contributed by atoms with Crippen LogP contribution < -0.4 is 28.4 Å². The van der Waals surface area contributed by atoms with E-state index in [-0.39, 0.29) is 34.1 Å². The number of Topliss-reactive ketones (excluding diaryl/α,β-unsaturated/α-hetero) is 2. The van der Waals surface area contributed by atoms with Gasteiger partial charge >= 0.3 is 6.16 Å². The molecule has 0 heterocycles. The Labute approximate surface area is 253 Å². The van der Waals surface area contributed by atoms with Gasteiger partial charge in [0.1, 0.15) is 12.2 Å². The molecule has 11 nitrogen and oxygen atoms in total. The zero-order valence-corrected chi connectivity index (χ0v) is 24.3. The van der Waals surface area contributed by atoms with Crippen LogP contribution >= 0.6 is 0 Å². The summed E-state index contributed by atoms with van der Waals surface area (Å²) in [4.78, 5) is 40.2. The van der Waals surface area contributed by atoms with Crippen LogP contribution in [0, 0.1) is 0 Å². The Kier molecular flexibility index (Phi) is 10.2. The average Bonchev–Trinajstić information content (AvgIpc) is 3.07. The molecule has 0 radical (unpaired) electrons. The van der Waals surface area contributed by atoms with Crippen molar-refractivity contribution < 1.29 is 53.0 Å². The third-order valence-electron chi connectivity index (χ3n) is 6.63. The van der Waals surface area contributed by atoms with E-state index in [1.54, 1.807) is 60.7 Å². The molecule has 4 aromatic carbocycles. The summed E-state index contributed by atoms with van der Waals surface area (Å²) >= 11 is 0. The molecule has 0 amide bonds. The molecule has 0 spiro atoms. The van der Waals surface area contributed by atoms with E-state index in [0.29, 0.717) is 11.1 Å². The van der Waals surface area contributed by atoms with Gasteiger partial charge < -0.3 is 38.6 Å². The Morgan fingerprint density at radius 3 is 1.18 bits per heavy atom. The summed E-state index contributed by atoms with van der Waals surface area (Å²) in [5.74, 6) is -2.47. The van der Waals surface area contributed by atoms with Crippen LogP contribution in [0.1, 0.15) is 44.1 Å². The molecule has 0 fully saturated rings.